The summed E-state index contributed by atoms with van der Waals surface area (Å²) in [6.45, 7) is 4.57. The van der Waals surface area contributed by atoms with E-state index in [0.29, 0.717) is 37.6 Å². The quantitative estimate of drug-likeness (QED) is 0.905. The van der Waals surface area contributed by atoms with Crippen molar-refractivity contribution in [2.24, 2.45) is 5.92 Å². The van der Waals surface area contributed by atoms with Crippen LogP contribution in [0, 0.1) is 5.92 Å². The molecule has 6 nitrogen and oxygen atoms in total. The lowest BCUT2D eigenvalue weighted by Gasteiger charge is -2.37. The molecule has 0 unspecified atom stereocenters. The lowest BCUT2D eigenvalue weighted by molar-refractivity contribution is -0.138. The average molecular weight is 368 g/mol. The van der Waals surface area contributed by atoms with E-state index in [1.54, 1.807) is 0 Å². The van der Waals surface area contributed by atoms with Crippen LogP contribution in [0.25, 0.3) is 11.0 Å². The smallest absolute Gasteiger partial charge is 0.254 e. The molecule has 2 aromatic rings. The van der Waals surface area contributed by atoms with Gasteiger partial charge < -0.3 is 14.8 Å². The number of hydrogen-bond acceptors (Lipinski definition) is 3. The summed E-state index contributed by atoms with van der Waals surface area (Å²) < 4.78 is 0. The van der Waals surface area contributed by atoms with Crippen molar-refractivity contribution in [3.63, 3.8) is 0 Å². The first kappa shape index (κ1) is 18.0. The maximum atomic E-state index is 12.9. The molecule has 0 bridgehead atoms. The summed E-state index contributed by atoms with van der Waals surface area (Å²) in [6.07, 6.45) is 6.50. The van der Waals surface area contributed by atoms with Crippen molar-refractivity contribution in [2.45, 2.75) is 45.4 Å². The van der Waals surface area contributed by atoms with Crippen molar-refractivity contribution < 1.29 is 9.59 Å². The molecular weight excluding hydrogens is 340 g/mol. The van der Waals surface area contributed by atoms with E-state index in [2.05, 4.69) is 16.9 Å². The molecule has 27 heavy (non-hydrogen) atoms. The molecule has 4 rings (SSSR count). The van der Waals surface area contributed by atoms with Crippen molar-refractivity contribution >= 4 is 22.8 Å². The predicted octanol–water partition coefficient (Wildman–Crippen LogP) is 2.99. The van der Waals surface area contributed by atoms with Crippen LogP contribution in [0.1, 0.15) is 55.2 Å². The Bertz CT molecular complexity index is 830. The van der Waals surface area contributed by atoms with Crippen LogP contribution >= 0.6 is 0 Å². The molecule has 1 saturated carbocycles. The van der Waals surface area contributed by atoms with Gasteiger partial charge >= 0.3 is 0 Å². The summed E-state index contributed by atoms with van der Waals surface area (Å²) in [5.41, 5.74) is 2.48. The highest BCUT2D eigenvalue weighted by molar-refractivity contribution is 5.97. The number of aryl methyl sites for hydroxylation is 1. The van der Waals surface area contributed by atoms with Gasteiger partial charge in [-0.2, -0.15) is 0 Å². The molecule has 1 aliphatic carbocycles. The second-order valence-corrected chi connectivity index (χ2v) is 7.72. The summed E-state index contributed by atoms with van der Waals surface area (Å²) in [6, 6.07) is 5.65. The van der Waals surface area contributed by atoms with Crippen LogP contribution in [0.3, 0.4) is 0 Å². The fraction of sp³-hybridized carbons (Fsp3) is 0.571. The Kier molecular flexibility index (Phi) is 5.14. The van der Waals surface area contributed by atoms with Crippen molar-refractivity contribution in [1.82, 2.24) is 19.8 Å². The number of nitrogens with one attached hydrogen (secondary N) is 1. The standard InChI is InChI=1S/C21H28N4O2/c1-2-19-22-17-9-8-16(14-18(17)23-19)21(27)25-12-10-24(11-13-25)20(26)15-6-4-3-5-7-15/h8-9,14-15H,2-7,10-13H2,1H3,(H,22,23). The van der Waals surface area contributed by atoms with E-state index in [1.165, 1.54) is 19.3 Å². The third-order valence-electron chi connectivity index (χ3n) is 5.95. The number of aromatic amines is 1. The molecule has 1 aromatic carbocycles. The van der Waals surface area contributed by atoms with Gasteiger partial charge in [-0.25, -0.2) is 4.98 Å². The number of carbonyl (C=O) groups excluding carboxylic acids is 2. The molecule has 2 aliphatic rings. The number of imidazole rings is 1. The zero-order chi connectivity index (χ0) is 18.8. The van der Waals surface area contributed by atoms with Crippen LogP contribution in [-0.2, 0) is 11.2 Å². The minimum atomic E-state index is 0.0364. The lowest BCUT2D eigenvalue weighted by atomic mass is 9.88. The minimum absolute atomic E-state index is 0.0364. The van der Waals surface area contributed by atoms with E-state index in [-0.39, 0.29) is 11.8 Å². The highest BCUT2D eigenvalue weighted by atomic mass is 16.2. The Morgan fingerprint density at radius 1 is 1.07 bits per heavy atom. The number of benzene rings is 1. The van der Waals surface area contributed by atoms with Gasteiger partial charge in [-0.1, -0.05) is 26.2 Å². The Morgan fingerprint density at radius 3 is 2.48 bits per heavy atom. The summed E-state index contributed by atoms with van der Waals surface area (Å²) >= 11 is 0. The van der Waals surface area contributed by atoms with E-state index in [4.69, 9.17) is 0 Å². The summed E-state index contributed by atoms with van der Waals surface area (Å²) in [4.78, 5) is 37.2. The fourth-order valence-corrected chi connectivity index (χ4v) is 4.28. The number of aromatic nitrogens is 2. The molecule has 2 amide bonds. The number of carbonyl (C=O) groups is 2. The van der Waals surface area contributed by atoms with Gasteiger partial charge in [0.2, 0.25) is 5.91 Å². The molecule has 2 heterocycles. The van der Waals surface area contributed by atoms with Gasteiger partial charge in [0.05, 0.1) is 11.0 Å². The average Bonchev–Trinajstić information content (AvgIpc) is 3.16. The van der Waals surface area contributed by atoms with E-state index >= 15 is 0 Å². The van der Waals surface area contributed by atoms with E-state index in [1.807, 2.05) is 28.0 Å². The van der Waals surface area contributed by atoms with Gasteiger partial charge in [-0.3, -0.25) is 9.59 Å². The largest absolute Gasteiger partial charge is 0.342 e. The second-order valence-electron chi connectivity index (χ2n) is 7.72. The monoisotopic (exact) mass is 368 g/mol. The zero-order valence-corrected chi connectivity index (χ0v) is 16.0. The van der Waals surface area contributed by atoms with Crippen LogP contribution < -0.4 is 0 Å². The SMILES string of the molecule is CCc1nc2ccc(C(=O)N3CCN(C(=O)C4CCCCC4)CC3)cc2[nH]1. The topological polar surface area (TPSA) is 69.3 Å². The highest BCUT2D eigenvalue weighted by Crippen LogP contribution is 2.26. The van der Waals surface area contributed by atoms with Crippen LogP contribution in [0.4, 0.5) is 0 Å². The van der Waals surface area contributed by atoms with Crippen LogP contribution in [0.2, 0.25) is 0 Å². The van der Waals surface area contributed by atoms with E-state index < -0.39 is 0 Å². The molecule has 0 atom stereocenters. The number of nitrogens with zero attached hydrogens (tertiary/aromatic N) is 3. The van der Waals surface area contributed by atoms with Gasteiger partial charge in [0.15, 0.2) is 0 Å². The lowest BCUT2D eigenvalue weighted by Crippen LogP contribution is -2.52. The molecule has 1 N–H and O–H groups in total. The number of amides is 2. The number of H-pyrrole nitrogens is 1. The predicted molar refractivity (Wildman–Crippen MR) is 105 cm³/mol. The summed E-state index contributed by atoms with van der Waals surface area (Å²) in [5.74, 6) is 1.48. The number of piperazine rings is 1. The number of hydrogen-bond donors (Lipinski definition) is 1. The van der Waals surface area contributed by atoms with Crippen LogP contribution in [-0.4, -0.2) is 57.8 Å². The summed E-state index contributed by atoms with van der Waals surface area (Å²) in [5, 5.41) is 0. The molecule has 1 aliphatic heterocycles. The molecule has 6 heteroatoms. The van der Waals surface area contributed by atoms with Crippen molar-refractivity contribution in [1.29, 1.82) is 0 Å². The number of fused-ring (bicyclic) bond motifs is 1. The second kappa shape index (κ2) is 7.71. The van der Waals surface area contributed by atoms with Gasteiger partial charge in [0.25, 0.3) is 5.91 Å². The third-order valence-corrected chi connectivity index (χ3v) is 5.95. The minimum Gasteiger partial charge on any atom is -0.342 e. The first-order valence-electron chi connectivity index (χ1n) is 10.2. The van der Waals surface area contributed by atoms with Crippen molar-refractivity contribution in [3.8, 4) is 0 Å². The zero-order valence-electron chi connectivity index (χ0n) is 16.0. The molecule has 1 saturated heterocycles. The van der Waals surface area contributed by atoms with E-state index in [9.17, 15) is 9.59 Å². The molecule has 2 fully saturated rings. The van der Waals surface area contributed by atoms with Gasteiger partial charge in [0.1, 0.15) is 5.82 Å². The normalized spacial score (nSPS) is 18.9. The van der Waals surface area contributed by atoms with Crippen molar-refractivity contribution in [2.75, 3.05) is 26.2 Å². The number of rotatable bonds is 3. The molecule has 1 aromatic heterocycles. The molecular formula is C21H28N4O2. The Hall–Kier alpha value is -2.37. The van der Waals surface area contributed by atoms with Gasteiger partial charge in [0, 0.05) is 44.1 Å². The van der Waals surface area contributed by atoms with Gasteiger partial charge in [-0.15, -0.1) is 0 Å². The Balaban J connectivity index is 1.38. The summed E-state index contributed by atoms with van der Waals surface area (Å²) in [7, 11) is 0. The van der Waals surface area contributed by atoms with E-state index in [0.717, 1.165) is 36.1 Å². The molecule has 0 spiro atoms. The first-order chi connectivity index (χ1) is 13.2. The van der Waals surface area contributed by atoms with Crippen molar-refractivity contribution in [3.05, 3.63) is 29.6 Å². The Morgan fingerprint density at radius 2 is 1.78 bits per heavy atom. The first-order valence-corrected chi connectivity index (χ1v) is 10.2. The van der Waals surface area contributed by atoms with Gasteiger partial charge in [-0.05, 0) is 31.0 Å². The van der Waals surface area contributed by atoms with Crippen LogP contribution in [0.15, 0.2) is 18.2 Å². The Labute approximate surface area is 159 Å². The third kappa shape index (κ3) is 3.70. The highest BCUT2D eigenvalue weighted by Gasteiger charge is 2.30. The molecule has 0 radical (unpaired) electrons. The fourth-order valence-electron chi connectivity index (χ4n) is 4.28. The maximum Gasteiger partial charge on any atom is 0.254 e. The molecule has 144 valence electrons. The maximum absolute atomic E-state index is 12.9. The van der Waals surface area contributed by atoms with Crippen LogP contribution in [0.5, 0.6) is 0 Å².